The number of hydrogen-bond acceptors (Lipinski definition) is 4. The van der Waals surface area contributed by atoms with Crippen molar-refractivity contribution in [3.05, 3.63) is 29.8 Å². The molecule has 7 nitrogen and oxygen atoms in total. The Labute approximate surface area is 123 Å². The average molecular weight is 311 g/mol. The molecule has 0 aliphatic carbocycles. The lowest BCUT2D eigenvalue weighted by Gasteiger charge is -2.20. The minimum Gasteiger partial charge on any atom is -0.275 e. The fourth-order valence-electron chi connectivity index (χ4n) is 1.85. The van der Waals surface area contributed by atoms with Gasteiger partial charge < -0.3 is 0 Å². The van der Waals surface area contributed by atoms with Crippen LogP contribution in [-0.2, 0) is 20.2 Å². The van der Waals surface area contributed by atoms with Crippen molar-refractivity contribution in [3.63, 3.8) is 0 Å². The van der Waals surface area contributed by atoms with Crippen LogP contribution in [0, 0.1) is 0 Å². The summed E-state index contributed by atoms with van der Waals surface area (Å²) in [5.41, 5.74) is 0.910. The number of carbonyl (C=O) groups is 2. The first kappa shape index (κ1) is 15.5. The van der Waals surface area contributed by atoms with Crippen molar-refractivity contribution >= 4 is 22.0 Å². The van der Waals surface area contributed by atoms with Crippen molar-refractivity contribution < 1.29 is 18.0 Å². The van der Waals surface area contributed by atoms with Crippen LogP contribution in [0.5, 0.6) is 0 Å². The van der Waals surface area contributed by atoms with Gasteiger partial charge in [-0.25, -0.2) is 18.2 Å². The number of nitrogens with zero attached hydrogens (tertiary/aromatic N) is 1. The van der Waals surface area contributed by atoms with Gasteiger partial charge in [0.25, 0.3) is 10.0 Å². The van der Waals surface area contributed by atoms with E-state index in [1.807, 2.05) is 26.1 Å². The number of urea groups is 1. The second kappa shape index (κ2) is 5.12. The van der Waals surface area contributed by atoms with Gasteiger partial charge in [-0.2, -0.15) is 0 Å². The van der Waals surface area contributed by atoms with Crippen LogP contribution >= 0.6 is 0 Å². The number of rotatable bonds is 3. The molecule has 0 aromatic heterocycles. The molecule has 0 bridgehead atoms. The Morgan fingerprint density at radius 1 is 1.14 bits per heavy atom. The zero-order chi connectivity index (χ0) is 15.8. The first-order valence-corrected chi connectivity index (χ1v) is 7.82. The van der Waals surface area contributed by atoms with Crippen LogP contribution in [0.15, 0.2) is 29.2 Å². The molecule has 0 saturated carbocycles. The Morgan fingerprint density at radius 3 is 2.14 bits per heavy atom. The normalized spacial score (nSPS) is 16.2. The van der Waals surface area contributed by atoms with Gasteiger partial charge in [-0.05, 0) is 23.1 Å². The van der Waals surface area contributed by atoms with Gasteiger partial charge in [-0.15, -0.1) is 4.83 Å². The van der Waals surface area contributed by atoms with E-state index in [0.717, 1.165) is 10.6 Å². The molecule has 1 fully saturated rings. The van der Waals surface area contributed by atoms with E-state index in [0.29, 0.717) is 0 Å². The summed E-state index contributed by atoms with van der Waals surface area (Å²) < 4.78 is 24.3. The van der Waals surface area contributed by atoms with Gasteiger partial charge in [0.1, 0.15) is 6.54 Å². The van der Waals surface area contributed by atoms with Crippen LogP contribution in [-0.4, -0.2) is 31.9 Å². The Morgan fingerprint density at radius 2 is 1.71 bits per heavy atom. The number of sulfonamides is 1. The molecule has 2 rings (SSSR count). The van der Waals surface area contributed by atoms with Gasteiger partial charge in [0.2, 0.25) is 5.91 Å². The second-order valence-electron chi connectivity index (χ2n) is 5.81. The Balaban J connectivity index is 2.20. The van der Waals surface area contributed by atoms with Gasteiger partial charge in [0.05, 0.1) is 4.90 Å². The maximum absolute atomic E-state index is 12.2. The third kappa shape index (κ3) is 3.40. The number of imide groups is 1. The molecule has 1 saturated heterocycles. The van der Waals surface area contributed by atoms with Crippen molar-refractivity contribution in [3.8, 4) is 0 Å². The predicted octanol–water partition coefficient (Wildman–Crippen LogP) is 0.729. The third-order valence-corrected chi connectivity index (χ3v) is 4.41. The molecule has 1 heterocycles. The highest BCUT2D eigenvalue weighted by atomic mass is 32.2. The van der Waals surface area contributed by atoms with Gasteiger partial charge in [-0.1, -0.05) is 32.9 Å². The van der Waals surface area contributed by atoms with Crippen LogP contribution < -0.4 is 10.1 Å². The molecule has 8 heteroatoms. The van der Waals surface area contributed by atoms with E-state index in [1.165, 1.54) is 12.1 Å². The van der Waals surface area contributed by atoms with Crippen LogP contribution in [0.3, 0.4) is 0 Å². The number of carbonyl (C=O) groups excluding carboxylic acids is 2. The summed E-state index contributed by atoms with van der Waals surface area (Å²) in [4.78, 5) is 24.5. The summed E-state index contributed by atoms with van der Waals surface area (Å²) in [6.45, 7) is 5.73. The van der Waals surface area contributed by atoms with Crippen LogP contribution in [0.25, 0.3) is 0 Å². The molecule has 0 atom stereocenters. The van der Waals surface area contributed by atoms with Gasteiger partial charge in [-0.3, -0.25) is 10.1 Å². The minimum atomic E-state index is -3.90. The smallest absolute Gasteiger partial charge is 0.275 e. The average Bonchev–Trinajstić information content (AvgIpc) is 2.66. The second-order valence-corrected chi connectivity index (χ2v) is 7.47. The number of hydrogen-bond donors (Lipinski definition) is 2. The lowest BCUT2D eigenvalue weighted by molar-refractivity contribution is -0.118. The molecular formula is C13H17N3O4S. The minimum absolute atomic E-state index is 0.0302. The maximum atomic E-state index is 12.2. The summed E-state index contributed by atoms with van der Waals surface area (Å²) >= 11 is 0. The molecule has 21 heavy (non-hydrogen) atoms. The van der Waals surface area contributed by atoms with Crippen molar-refractivity contribution in [2.75, 3.05) is 6.54 Å². The molecule has 1 aliphatic rings. The van der Waals surface area contributed by atoms with Crippen molar-refractivity contribution in [1.82, 2.24) is 15.2 Å². The third-order valence-electron chi connectivity index (χ3n) is 3.05. The maximum Gasteiger partial charge on any atom is 0.339 e. The summed E-state index contributed by atoms with van der Waals surface area (Å²) in [5.74, 6) is -0.550. The molecule has 2 N–H and O–H groups in total. The summed E-state index contributed by atoms with van der Waals surface area (Å²) in [6.07, 6.45) is 0. The first-order valence-electron chi connectivity index (χ1n) is 6.34. The Bertz CT molecular complexity index is 674. The van der Waals surface area contributed by atoms with E-state index in [2.05, 4.69) is 4.83 Å². The lowest BCUT2D eigenvalue weighted by atomic mass is 9.87. The van der Waals surface area contributed by atoms with Gasteiger partial charge in [0, 0.05) is 0 Å². The van der Waals surface area contributed by atoms with Crippen LogP contribution in [0.4, 0.5) is 4.79 Å². The zero-order valence-electron chi connectivity index (χ0n) is 12.0. The predicted molar refractivity (Wildman–Crippen MR) is 75.7 cm³/mol. The zero-order valence-corrected chi connectivity index (χ0v) is 12.8. The topological polar surface area (TPSA) is 95.6 Å². The Kier molecular flexibility index (Phi) is 3.77. The first-order chi connectivity index (χ1) is 9.59. The molecule has 0 unspecified atom stereocenters. The van der Waals surface area contributed by atoms with E-state index < -0.39 is 22.0 Å². The number of hydrazine groups is 1. The van der Waals surface area contributed by atoms with Crippen molar-refractivity contribution in [2.45, 2.75) is 31.1 Å². The van der Waals surface area contributed by atoms with Crippen molar-refractivity contribution in [1.29, 1.82) is 0 Å². The molecule has 1 aromatic rings. The van der Waals surface area contributed by atoms with Gasteiger partial charge >= 0.3 is 6.03 Å². The van der Waals surface area contributed by atoms with E-state index in [-0.39, 0.29) is 16.9 Å². The molecule has 1 aromatic carbocycles. The van der Waals surface area contributed by atoms with E-state index in [1.54, 1.807) is 12.1 Å². The highest BCUT2D eigenvalue weighted by Gasteiger charge is 2.31. The molecule has 0 radical (unpaired) electrons. The molecule has 1 aliphatic heterocycles. The van der Waals surface area contributed by atoms with E-state index in [4.69, 9.17) is 0 Å². The molecule has 3 amide bonds. The van der Waals surface area contributed by atoms with E-state index >= 15 is 0 Å². The summed E-state index contributed by atoms with van der Waals surface area (Å²) in [6, 6.07) is 5.61. The monoisotopic (exact) mass is 311 g/mol. The Hall–Kier alpha value is -1.93. The quantitative estimate of drug-likeness (QED) is 0.804. The fourth-order valence-corrected chi connectivity index (χ4v) is 2.88. The molecule has 114 valence electrons. The SMILES string of the molecule is CC(C)(C)c1ccc(S(=O)(=O)NN2CC(=O)NC2=O)cc1. The fraction of sp³-hybridized carbons (Fsp3) is 0.385. The van der Waals surface area contributed by atoms with E-state index in [9.17, 15) is 18.0 Å². The summed E-state index contributed by atoms with van der Waals surface area (Å²) in [5, 5.41) is 2.72. The standard InChI is InChI=1S/C13H17N3O4S/c1-13(2,3)9-4-6-10(7-5-9)21(19,20)15-16-8-11(17)14-12(16)18/h4-7,15H,8H2,1-3H3,(H,14,17,18). The number of benzene rings is 1. The number of nitrogens with one attached hydrogen (secondary N) is 2. The largest absolute Gasteiger partial charge is 0.339 e. The molecular weight excluding hydrogens is 294 g/mol. The summed E-state index contributed by atoms with van der Waals surface area (Å²) in [7, 11) is -3.90. The van der Waals surface area contributed by atoms with Gasteiger partial charge in [0.15, 0.2) is 0 Å². The highest BCUT2D eigenvalue weighted by Crippen LogP contribution is 2.23. The lowest BCUT2D eigenvalue weighted by Crippen LogP contribution is -2.44. The molecule has 0 spiro atoms. The van der Waals surface area contributed by atoms with Crippen LogP contribution in [0.2, 0.25) is 0 Å². The number of amides is 3. The van der Waals surface area contributed by atoms with Crippen LogP contribution in [0.1, 0.15) is 26.3 Å². The van der Waals surface area contributed by atoms with Crippen molar-refractivity contribution in [2.24, 2.45) is 0 Å². The highest BCUT2D eigenvalue weighted by molar-refractivity contribution is 7.89.